The number of carbonyl (C=O) groups excluding carboxylic acids is 4. The summed E-state index contributed by atoms with van der Waals surface area (Å²) in [5.74, 6) is -0.968. The SMILES string of the molecule is CCc1ccc2cc(NC(=O)OCc3ccccc3)c(C(=O)Nc3cnc4c(c3N3CCCC(NC(=O)OC(C)(C)C)C3)CCC4OC(C)=O)nc2c1. The van der Waals surface area contributed by atoms with Crippen molar-refractivity contribution in [3.63, 3.8) is 0 Å². The molecular weight excluding hydrogens is 676 g/mol. The summed E-state index contributed by atoms with van der Waals surface area (Å²) in [6.45, 7) is 10.0. The smallest absolute Gasteiger partial charge is 0.412 e. The van der Waals surface area contributed by atoms with Gasteiger partial charge in [-0.15, -0.1) is 0 Å². The van der Waals surface area contributed by atoms with E-state index in [0.717, 1.165) is 47.0 Å². The molecule has 1 aliphatic carbocycles. The number of carbonyl (C=O) groups is 4. The van der Waals surface area contributed by atoms with Gasteiger partial charge in [-0.25, -0.2) is 14.6 Å². The summed E-state index contributed by atoms with van der Waals surface area (Å²) >= 11 is 0. The average molecular weight is 723 g/mol. The van der Waals surface area contributed by atoms with Crippen LogP contribution in [-0.2, 0) is 38.5 Å². The van der Waals surface area contributed by atoms with E-state index in [9.17, 15) is 19.2 Å². The first-order valence-electron chi connectivity index (χ1n) is 18.0. The van der Waals surface area contributed by atoms with Crippen molar-refractivity contribution in [2.24, 2.45) is 0 Å². The number of benzene rings is 2. The predicted molar refractivity (Wildman–Crippen MR) is 201 cm³/mol. The molecule has 0 spiro atoms. The maximum Gasteiger partial charge on any atom is 0.412 e. The zero-order valence-electron chi connectivity index (χ0n) is 30.8. The maximum absolute atomic E-state index is 14.3. The Morgan fingerprint density at radius 3 is 2.47 bits per heavy atom. The van der Waals surface area contributed by atoms with Crippen LogP contribution in [0.25, 0.3) is 10.9 Å². The van der Waals surface area contributed by atoms with Crippen LogP contribution in [0.4, 0.5) is 26.7 Å². The number of ether oxygens (including phenoxy) is 3. The molecule has 6 rings (SSSR count). The first-order chi connectivity index (χ1) is 25.4. The Kier molecular flexibility index (Phi) is 11.1. The fourth-order valence-electron chi connectivity index (χ4n) is 6.78. The van der Waals surface area contributed by atoms with E-state index in [-0.39, 0.29) is 24.0 Å². The van der Waals surface area contributed by atoms with Crippen molar-refractivity contribution >= 4 is 52.0 Å². The fraction of sp³-hybridized carbons (Fsp3) is 0.400. The van der Waals surface area contributed by atoms with Crippen LogP contribution in [-0.4, -0.2) is 58.8 Å². The van der Waals surface area contributed by atoms with Gasteiger partial charge < -0.3 is 29.7 Å². The summed E-state index contributed by atoms with van der Waals surface area (Å²) in [5.41, 5.74) is 4.65. The highest BCUT2D eigenvalue weighted by atomic mass is 16.6. The standard InChI is InChI=1S/C40H46N6O7/c1-6-25-14-15-27-20-31(45-38(49)51-23-26-11-8-7-9-12-26)35(43-30(27)19-25)37(48)44-32-21-41-34-29(16-17-33(34)52-24(2)47)36(32)46-18-10-13-28(22-46)42-39(50)53-40(3,4)5/h7-9,11-12,14-15,19-21,28,33H,6,10,13,16-18,22-23H2,1-5H3,(H,42,50)(H,44,48)(H,45,49). The highest BCUT2D eigenvalue weighted by Gasteiger charge is 2.35. The van der Waals surface area contributed by atoms with E-state index in [1.807, 2.05) is 76.2 Å². The number of anilines is 3. The minimum atomic E-state index is -0.734. The number of aryl methyl sites for hydroxylation is 1. The van der Waals surface area contributed by atoms with Gasteiger partial charge in [-0.1, -0.05) is 49.4 Å². The first-order valence-corrected chi connectivity index (χ1v) is 18.0. The Balaban J connectivity index is 1.33. The number of alkyl carbamates (subject to hydrolysis) is 1. The maximum atomic E-state index is 14.3. The lowest BCUT2D eigenvalue weighted by atomic mass is 10.0. The molecule has 3 heterocycles. The quantitative estimate of drug-likeness (QED) is 0.119. The highest BCUT2D eigenvalue weighted by molar-refractivity contribution is 6.11. The number of fused-ring (bicyclic) bond motifs is 2. The summed E-state index contributed by atoms with van der Waals surface area (Å²) in [5, 5.41) is 9.52. The van der Waals surface area contributed by atoms with Crippen LogP contribution in [0.15, 0.2) is 60.8 Å². The van der Waals surface area contributed by atoms with Crippen LogP contribution in [0.3, 0.4) is 0 Å². The average Bonchev–Trinajstić information content (AvgIpc) is 3.51. The second kappa shape index (κ2) is 15.9. The molecule has 0 radical (unpaired) electrons. The summed E-state index contributed by atoms with van der Waals surface area (Å²) in [6.07, 6.45) is 3.23. The Bertz CT molecular complexity index is 2010. The molecular formula is C40H46N6O7. The third kappa shape index (κ3) is 9.21. The Morgan fingerprint density at radius 2 is 1.74 bits per heavy atom. The number of esters is 1. The van der Waals surface area contributed by atoms with Gasteiger partial charge in [0.05, 0.1) is 34.5 Å². The van der Waals surface area contributed by atoms with Crippen LogP contribution in [0.5, 0.6) is 0 Å². The molecule has 1 saturated heterocycles. The molecule has 53 heavy (non-hydrogen) atoms. The molecule has 278 valence electrons. The number of hydrogen-bond donors (Lipinski definition) is 3. The Labute approximate surface area is 308 Å². The third-order valence-electron chi connectivity index (χ3n) is 9.11. The van der Waals surface area contributed by atoms with Crippen molar-refractivity contribution in [3.8, 4) is 0 Å². The minimum Gasteiger partial charge on any atom is -0.456 e. The van der Waals surface area contributed by atoms with Gasteiger partial charge in [0.1, 0.15) is 18.3 Å². The number of pyridine rings is 2. The van der Waals surface area contributed by atoms with Crippen LogP contribution in [0, 0.1) is 0 Å². The first kappa shape index (κ1) is 37.1. The summed E-state index contributed by atoms with van der Waals surface area (Å²) in [4.78, 5) is 63.6. The molecule has 3 N–H and O–H groups in total. The molecule has 2 atom stereocenters. The van der Waals surface area contributed by atoms with Gasteiger partial charge in [-0.2, -0.15) is 0 Å². The fourth-order valence-corrected chi connectivity index (χ4v) is 6.78. The molecule has 13 heteroatoms. The molecule has 0 saturated carbocycles. The lowest BCUT2D eigenvalue weighted by Crippen LogP contribution is -2.49. The number of rotatable bonds is 9. The van der Waals surface area contributed by atoms with Crippen LogP contribution in [0.1, 0.15) is 92.9 Å². The van der Waals surface area contributed by atoms with Crippen LogP contribution < -0.4 is 20.9 Å². The van der Waals surface area contributed by atoms with Crippen molar-refractivity contribution in [1.29, 1.82) is 0 Å². The van der Waals surface area contributed by atoms with E-state index in [2.05, 4.69) is 25.8 Å². The van der Waals surface area contributed by atoms with Crippen LogP contribution >= 0.6 is 0 Å². The zero-order chi connectivity index (χ0) is 37.7. The van der Waals surface area contributed by atoms with Gasteiger partial charge >= 0.3 is 18.2 Å². The van der Waals surface area contributed by atoms with E-state index in [0.29, 0.717) is 42.8 Å². The lowest BCUT2D eigenvalue weighted by Gasteiger charge is -2.37. The summed E-state index contributed by atoms with van der Waals surface area (Å²) in [6, 6.07) is 16.6. The van der Waals surface area contributed by atoms with Crippen LogP contribution in [0.2, 0.25) is 0 Å². The second-order valence-electron chi connectivity index (χ2n) is 14.4. The van der Waals surface area contributed by atoms with E-state index >= 15 is 0 Å². The number of aromatic nitrogens is 2. The van der Waals surface area contributed by atoms with Gasteiger partial charge in [0.2, 0.25) is 0 Å². The topological polar surface area (TPSA) is 161 Å². The van der Waals surface area contributed by atoms with Crippen molar-refractivity contribution in [1.82, 2.24) is 15.3 Å². The third-order valence-corrected chi connectivity index (χ3v) is 9.11. The summed E-state index contributed by atoms with van der Waals surface area (Å²) in [7, 11) is 0. The van der Waals surface area contributed by atoms with Crippen molar-refractivity contribution in [2.45, 2.75) is 91.1 Å². The van der Waals surface area contributed by atoms with Gasteiger partial charge in [0.15, 0.2) is 5.69 Å². The molecule has 2 aromatic heterocycles. The van der Waals surface area contributed by atoms with Gasteiger partial charge in [0, 0.05) is 37.0 Å². The predicted octanol–water partition coefficient (Wildman–Crippen LogP) is 7.24. The molecule has 2 unspecified atom stereocenters. The molecule has 3 amide bonds. The van der Waals surface area contributed by atoms with Gasteiger partial charge in [0.25, 0.3) is 5.91 Å². The van der Waals surface area contributed by atoms with Crippen molar-refractivity contribution in [2.75, 3.05) is 28.6 Å². The highest BCUT2D eigenvalue weighted by Crippen LogP contribution is 2.43. The van der Waals surface area contributed by atoms with E-state index in [4.69, 9.17) is 19.2 Å². The van der Waals surface area contributed by atoms with E-state index in [1.54, 1.807) is 12.3 Å². The zero-order valence-corrected chi connectivity index (χ0v) is 30.8. The molecule has 4 aromatic rings. The minimum absolute atomic E-state index is 0.00485. The molecule has 1 aliphatic heterocycles. The van der Waals surface area contributed by atoms with Crippen molar-refractivity contribution in [3.05, 3.63) is 88.9 Å². The number of nitrogens with zero attached hydrogens (tertiary/aromatic N) is 3. The number of amides is 3. The van der Waals surface area contributed by atoms with Gasteiger partial charge in [-0.3, -0.25) is 19.9 Å². The molecule has 1 fully saturated rings. The Hall–Kier alpha value is -5.72. The summed E-state index contributed by atoms with van der Waals surface area (Å²) < 4.78 is 16.6. The monoisotopic (exact) mass is 722 g/mol. The second-order valence-corrected chi connectivity index (χ2v) is 14.4. The molecule has 2 aliphatic rings. The van der Waals surface area contributed by atoms with Crippen molar-refractivity contribution < 1.29 is 33.4 Å². The molecule has 13 nitrogen and oxygen atoms in total. The molecule has 0 bridgehead atoms. The normalized spacial score (nSPS) is 16.7. The van der Waals surface area contributed by atoms with E-state index < -0.39 is 35.8 Å². The lowest BCUT2D eigenvalue weighted by molar-refractivity contribution is -0.146. The number of hydrogen-bond acceptors (Lipinski definition) is 10. The molecule has 2 aromatic carbocycles. The Morgan fingerprint density at radius 1 is 0.943 bits per heavy atom. The van der Waals surface area contributed by atoms with Gasteiger partial charge in [-0.05, 0) is 76.1 Å². The largest absolute Gasteiger partial charge is 0.456 e. The number of nitrogens with one attached hydrogen (secondary N) is 3. The van der Waals surface area contributed by atoms with E-state index in [1.165, 1.54) is 6.92 Å². The number of piperidine rings is 1.